The minimum Gasteiger partial charge on any atom is -0.360 e. The van der Waals surface area contributed by atoms with Gasteiger partial charge in [0.1, 0.15) is 5.82 Å². The van der Waals surface area contributed by atoms with E-state index in [1.165, 1.54) is 6.07 Å². The molecule has 0 amide bonds. The highest BCUT2D eigenvalue weighted by atomic mass is 19.1. The summed E-state index contributed by atoms with van der Waals surface area (Å²) in [6.45, 7) is 1.89. The smallest absolute Gasteiger partial charge is 0.124 e. The van der Waals surface area contributed by atoms with Crippen molar-refractivity contribution in [1.29, 1.82) is 0 Å². The zero-order valence-electron chi connectivity index (χ0n) is 12.1. The molecule has 0 unspecified atom stereocenters. The average Bonchev–Trinajstić information content (AvgIpc) is 2.91. The van der Waals surface area contributed by atoms with E-state index in [4.69, 9.17) is 0 Å². The van der Waals surface area contributed by atoms with Crippen molar-refractivity contribution in [3.05, 3.63) is 60.2 Å². The van der Waals surface area contributed by atoms with Gasteiger partial charge in [0.2, 0.25) is 0 Å². The molecule has 3 heterocycles. The van der Waals surface area contributed by atoms with Crippen molar-refractivity contribution in [2.45, 2.75) is 6.92 Å². The Labute approximate surface area is 126 Å². The monoisotopic (exact) mass is 294 g/mol. The number of aryl methyl sites for hydroxylation is 1. The Kier molecular flexibility index (Phi) is 3.35. The first kappa shape index (κ1) is 14.2. The van der Waals surface area contributed by atoms with Gasteiger partial charge in [-0.1, -0.05) is 0 Å². The van der Waals surface area contributed by atoms with E-state index in [0.717, 1.165) is 38.8 Å². The van der Waals surface area contributed by atoms with Crippen LogP contribution in [0, 0.1) is 12.7 Å². The summed E-state index contributed by atoms with van der Waals surface area (Å²) >= 11 is 0. The molecular formula is C17H15FN4. The van der Waals surface area contributed by atoms with Gasteiger partial charge in [-0.2, -0.15) is 0 Å². The van der Waals surface area contributed by atoms with Gasteiger partial charge >= 0.3 is 0 Å². The fraction of sp³-hybridized carbons (Fsp3) is 0.0588. The lowest BCUT2D eigenvalue weighted by Gasteiger charge is -2.02. The fourth-order valence-electron chi connectivity index (χ4n) is 2.69. The van der Waals surface area contributed by atoms with Crippen LogP contribution in [0.1, 0.15) is 5.56 Å². The van der Waals surface area contributed by atoms with E-state index in [2.05, 4.69) is 15.0 Å². The Morgan fingerprint density at radius 2 is 1.95 bits per heavy atom. The maximum Gasteiger partial charge on any atom is 0.124 e. The van der Waals surface area contributed by atoms with Crippen LogP contribution in [0.25, 0.3) is 33.2 Å². The van der Waals surface area contributed by atoms with Crippen LogP contribution in [-0.2, 0) is 0 Å². The lowest BCUT2D eigenvalue weighted by molar-refractivity contribution is 0.628. The molecule has 110 valence electrons. The molecule has 0 aliphatic heterocycles. The van der Waals surface area contributed by atoms with Crippen LogP contribution >= 0.6 is 0 Å². The number of aromatic amines is 1. The quantitative estimate of drug-likeness (QED) is 0.546. The summed E-state index contributed by atoms with van der Waals surface area (Å²) in [5, 5.41) is 0.850. The first-order valence-electron chi connectivity index (χ1n) is 6.72. The number of fused-ring (bicyclic) bond motifs is 2. The number of benzene rings is 1. The summed E-state index contributed by atoms with van der Waals surface area (Å²) in [7, 11) is 0. The van der Waals surface area contributed by atoms with Gasteiger partial charge in [0.15, 0.2) is 0 Å². The number of H-pyrrole nitrogens is 1. The first-order valence-corrected chi connectivity index (χ1v) is 6.72. The molecule has 5 heteroatoms. The molecule has 4 N–H and O–H groups in total. The van der Waals surface area contributed by atoms with Crippen molar-refractivity contribution in [2.75, 3.05) is 0 Å². The van der Waals surface area contributed by atoms with Gasteiger partial charge in [-0.3, -0.25) is 4.98 Å². The molecule has 3 aromatic heterocycles. The predicted molar refractivity (Wildman–Crippen MR) is 86.5 cm³/mol. The highest BCUT2D eigenvalue weighted by Gasteiger charge is 2.11. The van der Waals surface area contributed by atoms with Gasteiger partial charge in [0.05, 0.1) is 16.7 Å². The van der Waals surface area contributed by atoms with Crippen molar-refractivity contribution in [3.8, 4) is 11.3 Å². The Bertz CT molecular complexity index is 975. The Balaban J connectivity index is 0.00000144. The molecule has 0 spiro atoms. The third-order valence-electron chi connectivity index (χ3n) is 3.68. The van der Waals surface area contributed by atoms with E-state index in [0.29, 0.717) is 0 Å². The Morgan fingerprint density at radius 3 is 2.82 bits per heavy atom. The molecule has 1 aromatic carbocycles. The number of hydrogen-bond donors (Lipinski definition) is 2. The van der Waals surface area contributed by atoms with Crippen molar-refractivity contribution < 1.29 is 4.39 Å². The van der Waals surface area contributed by atoms with Crippen LogP contribution in [0.2, 0.25) is 0 Å². The number of rotatable bonds is 1. The van der Waals surface area contributed by atoms with E-state index >= 15 is 0 Å². The van der Waals surface area contributed by atoms with E-state index < -0.39 is 0 Å². The van der Waals surface area contributed by atoms with E-state index in [-0.39, 0.29) is 12.0 Å². The highest BCUT2D eigenvalue weighted by Crippen LogP contribution is 2.30. The molecule has 0 saturated heterocycles. The molecule has 0 aliphatic rings. The van der Waals surface area contributed by atoms with Crippen molar-refractivity contribution >= 4 is 21.9 Å². The largest absolute Gasteiger partial charge is 0.360 e. The lowest BCUT2D eigenvalue weighted by Crippen LogP contribution is -1.86. The average molecular weight is 294 g/mol. The van der Waals surface area contributed by atoms with Crippen LogP contribution in [0.15, 0.2) is 48.8 Å². The molecule has 4 rings (SSSR count). The Morgan fingerprint density at radius 1 is 1.09 bits per heavy atom. The van der Waals surface area contributed by atoms with Gasteiger partial charge in [-0.15, -0.1) is 0 Å². The molecule has 4 nitrogen and oxygen atoms in total. The summed E-state index contributed by atoms with van der Waals surface area (Å²) in [5.41, 5.74) is 5.23. The predicted octanol–water partition coefficient (Wildman–Crippen LogP) is 4.39. The second-order valence-electron chi connectivity index (χ2n) is 5.09. The summed E-state index contributed by atoms with van der Waals surface area (Å²) in [6, 6.07) is 10.7. The molecule has 0 aliphatic carbocycles. The van der Waals surface area contributed by atoms with Crippen LogP contribution in [-0.4, -0.2) is 15.0 Å². The third-order valence-corrected chi connectivity index (χ3v) is 3.68. The van der Waals surface area contributed by atoms with Crippen molar-refractivity contribution in [1.82, 2.24) is 21.1 Å². The third kappa shape index (κ3) is 2.12. The van der Waals surface area contributed by atoms with Crippen LogP contribution < -0.4 is 6.15 Å². The van der Waals surface area contributed by atoms with Gasteiger partial charge < -0.3 is 11.1 Å². The second-order valence-corrected chi connectivity index (χ2v) is 5.09. The zero-order valence-corrected chi connectivity index (χ0v) is 12.1. The fourth-order valence-corrected chi connectivity index (χ4v) is 2.69. The molecule has 4 aromatic rings. The zero-order chi connectivity index (χ0) is 14.4. The van der Waals surface area contributed by atoms with Crippen LogP contribution in [0.3, 0.4) is 0 Å². The molecular weight excluding hydrogens is 279 g/mol. The number of nitrogens with zero attached hydrogens (tertiary/aromatic N) is 2. The van der Waals surface area contributed by atoms with Gasteiger partial charge in [0, 0.05) is 28.9 Å². The highest BCUT2D eigenvalue weighted by molar-refractivity contribution is 5.97. The summed E-state index contributed by atoms with van der Waals surface area (Å²) < 4.78 is 13.7. The maximum atomic E-state index is 13.7. The van der Waals surface area contributed by atoms with Crippen LogP contribution in [0.4, 0.5) is 4.39 Å². The first-order chi connectivity index (χ1) is 10.2. The van der Waals surface area contributed by atoms with E-state index in [1.54, 1.807) is 12.3 Å². The van der Waals surface area contributed by atoms with E-state index in [1.807, 2.05) is 37.4 Å². The second kappa shape index (κ2) is 5.20. The lowest BCUT2D eigenvalue weighted by atomic mass is 10.1. The number of hydrogen-bond acceptors (Lipinski definition) is 3. The SMILES string of the molecule is Cc1cc(F)cc2c(-c3ccc4ncccc4n3)c[nH]c12.N. The van der Waals surface area contributed by atoms with Crippen molar-refractivity contribution in [2.24, 2.45) is 0 Å². The maximum absolute atomic E-state index is 13.7. The normalized spacial score (nSPS) is 10.8. The minimum atomic E-state index is -0.233. The van der Waals surface area contributed by atoms with Gasteiger partial charge in [-0.05, 0) is 48.9 Å². The van der Waals surface area contributed by atoms with Gasteiger partial charge in [-0.25, -0.2) is 9.37 Å². The standard InChI is InChI=1S/C17H12FN3.H3N/c1-10-7-11(18)8-12-13(9-20-17(10)12)14-4-5-15-16(21-14)3-2-6-19-15;/h2-9,20H,1H3;1H3. The molecule has 0 radical (unpaired) electrons. The molecule has 22 heavy (non-hydrogen) atoms. The summed E-state index contributed by atoms with van der Waals surface area (Å²) in [5.74, 6) is -0.233. The number of nitrogens with one attached hydrogen (secondary N) is 1. The van der Waals surface area contributed by atoms with Gasteiger partial charge in [0.25, 0.3) is 0 Å². The Hall–Kier alpha value is -2.79. The van der Waals surface area contributed by atoms with Crippen LogP contribution in [0.5, 0.6) is 0 Å². The summed E-state index contributed by atoms with van der Waals surface area (Å²) in [4.78, 5) is 12.1. The topological polar surface area (TPSA) is 76.6 Å². The molecule has 0 saturated carbocycles. The number of halogens is 1. The molecule has 0 atom stereocenters. The minimum absolute atomic E-state index is 0. The summed E-state index contributed by atoms with van der Waals surface area (Å²) in [6.07, 6.45) is 3.62. The number of aromatic nitrogens is 3. The molecule has 0 fully saturated rings. The van der Waals surface area contributed by atoms with E-state index in [9.17, 15) is 4.39 Å². The van der Waals surface area contributed by atoms with Crippen molar-refractivity contribution in [3.63, 3.8) is 0 Å². The number of pyridine rings is 2. The molecule has 0 bridgehead atoms.